The highest BCUT2D eigenvalue weighted by molar-refractivity contribution is 6.01. The molecule has 0 fully saturated rings. The Balaban J connectivity index is 2.20. The van der Waals surface area contributed by atoms with E-state index < -0.39 is 0 Å². The minimum Gasteiger partial charge on any atom is -0.399 e. The third-order valence-electron chi connectivity index (χ3n) is 2.45. The van der Waals surface area contributed by atoms with Crippen LogP contribution in [0, 0.1) is 0 Å². The number of carbonyl (C=O) groups excluding carboxylic acids is 1. The molecular weight excluding hydrogens is 214 g/mol. The van der Waals surface area contributed by atoms with Crippen LogP contribution < -0.4 is 11.5 Å². The third-order valence-corrected chi connectivity index (χ3v) is 2.45. The van der Waals surface area contributed by atoms with Crippen LogP contribution in [0.3, 0.4) is 0 Å². The molecule has 0 unspecified atom stereocenters. The molecule has 0 aliphatic heterocycles. The molecule has 0 saturated heterocycles. The normalized spacial score (nSPS) is 10.1. The Bertz CT molecular complexity index is 552. The first-order chi connectivity index (χ1) is 8.16. The zero-order valence-electron chi connectivity index (χ0n) is 9.26. The van der Waals surface area contributed by atoms with Crippen molar-refractivity contribution in [2.75, 3.05) is 11.5 Å². The predicted molar refractivity (Wildman–Crippen MR) is 67.5 cm³/mol. The van der Waals surface area contributed by atoms with Crippen LogP contribution >= 0.6 is 0 Å². The van der Waals surface area contributed by atoms with E-state index in [0.29, 0.717) is 11.3 Å². The molecule has 0 spiro atoms. The van der Waals surface area contributed by atoms with Crippen molar-refractivity contribution in [3.8, 4) is 0 Å². The van der Waals surface area contributed by atoms with Crippen molar-refractivity contribution < 1.29 is 4.79 Å². The minimum absolute atomic E-state index is 0.0544. The van der Waals surface area contributed by atoms with Crippen LogP contribution in [0.25, 0.3) is 0 Å². The van der Waals surface area contributed by atoms with Crippen molar-refractivity contribution in [3.63, 3.8) is 0 Å². The molecule has 2 rings (SSSR count). The fraction of sp³-hybridized carbons (Fsp3) is 0.0769. The van der Waals surface area contributed by atoms with Gasteiger partial charge < -0.3 is 11.5 Å². The summed E-state index contributed by atoms with van der Waals surface area (Å²) in [5, 5.41) is 0. The topological polar surface area (TPSA) is 82.0 Å². The Hall–Kier alpha value is -2.36. The standard InChI is InChI=1S/C13H13N3O/c14-10-4-1-3-9(7-10)8-12(17)11-5-2-6-16-13(11)15/h1-7H,8,14H2,(H2,15,16). The number of carbonyl (C=O) groups is 1. The molecule has 86 valence electrons. The fourth-order valence-corrected chi connectivity index (χ4v) is 1.64. The lowest BCUT2D eigenvalue weighted by molar-refractivity contribution is 0.0993. The van der Waals surface area contributed by atoms with Gasteiger partial charge in [-0.05, 0) is 29.8 Å². The number of hydrogen-bond acceptors (Lipinski definition) is 4. The summed E-state index contributed by atoms with van der Waals surface area (Å²) in [5.41, 5.74) is 13.3. The number of nitrogens with two attached hydrogens (primary N) is 2. The number of benzene rings is 1. The van der Waals surface area contributed by atoms with E-state index in [1.807, 2.05) is 12.1 Å². The van der Waals surface area contributed by atoms with Gasteiger partial charge in [-0.3, -0.25) is 4.79 Å². The lowest BCUT2D eigenvalue weighted by Crippen LogP contribution is -2.08. The zero-order chi connectivity index (χ0) is 12.3. The Labute approximate surface area is 99.3 Å². The molecule has 4 heteroatoms. The molecule has 0 atom stereocenters. The molecule has 2 aromatic rings. The molecular formula is C13H13N3O. The fourth-order valence-electron chi connectivity index (χ4n) is 1.64. The number of ketones is 1. The number of anilines is 2. The van der Waals surface area contributed by atoms with E-state index in [2.05, 4.69) is 4.98 Å². The van der Waals surface area contributed by atoms with Gasteiger partial charge in [0.15, 0.2) is 5.78 Å². The van der Waals surface area contributed by atoms with Crippen LogP contribution in [0.2, 0.25) is 0 Å². The van der Waals surface area contributed by atoms with Crippen LogP contribution in [0.5, 0.6) is 0 Å². The van der Waals surface area contributed by atoms with Crippen molar-refractivity contribution in [1.29, 1.82) is 0 Å². The Kier molecular flexibility index (Phi) is 3.05. The summed E-state index contributed by atoms with van der Waals surface area (Å²) in [6, 6.07) is 10.6. The van der Waals surface area contributed by atoms with E-state index in [4.69, 9.17) is 11.5 Å². The lowest BCUT2D eigenvalue weighted by atomic mass is 10.0. The van der Waals surface area contributed by atoms with E-state index in [1.165, 1.54) is 0 Å². The van der Waals surface area contributed by atoms with Gasteiger partial charge in [0.1, 0.15) is 5.82 Å². The monoisotopic (exact) mass is 227 g/mol. The van der Waals surface area contributed by atoms with Gasteiger partial charge in [0.05, 0.1) is 5.56 Å². The summed E-state index contributed by atoms with van der Waals surface area (Å²) in [5.74, 6) is 0.211. The number of aromatic nitrogens is 1. The van der Waals surface area contributed by atoms with Crippen molar-refractivity contribution in [2.45, 2.75) is 6.42 Å². The van der Waals surface area contributed by atoms with Crippen LogP contribution in [0.1, 0.15) is 15.9 Å². The van der Waals surface area contributed by atoms with Gasteiger partial charge in [-0.15, -0.1) is 0 Å². The number of nitrogens with zero attached hydrogens (tertiary/aromatic N) is 1. The molecule has 1 aromatic heterocycles. The van der Waals surface area contributed by atoms with Crippen molar-refractivity contribution in [3.05, 3.63) is 53.7 Å². The molecule has 1 aromatic carbocycles. The van der Waals surface area contributed by atoms with Gasteiger partial charge in [-0.2, -0.15) is 0 Å². The van der Waals surface area contributed by atoms with Gasteiger partial charge in [-0.25, -0.2) is 4.98 Å². The second kappa shape index (κ2) is 4.65. The van der Waals surface area contributed by atoms with Gasteiger partial charge in [0.2, 0.25) is 0 Å². The van der Waals surface area contributed by atoms with E-state index in [0.717, 1.165) is 5.56 Å². The van der Waals surface area contributed by atoms with E-state index in [1.54, 1.807) is 30.5 Å². The molecule has 4 N–H and O–H groups in total. The first-order valence-electron chi connectivity index (χ1n) is 5.25. The molecule has 0 saturated carbocycles. The minimum atomic E-state index is -0.0544. The Morgan fingerprint density at radius 2 is 2.00 bits per heavy atom. The summed E-state index contributed by atoms with van der Waals surface area (Å²) in [4.78, 5) is 15.9. The maximum atomic E-state index is 12.0. The molecule has 0 bridgehead atoms. The first-order valence-corrected chi connectivity index (χ1v) is 5.25. The van der Waals surface area contributed by atoms with Gasteiger partial charge in [0.25, 0.3) is 0 Å². The average Bonchev–Trinajstić information content (AvgIpc) is 2.29. The smallest absolute Gasteiger partial charge is 0.170 e. The van der Waals surface area contributed by atoms with Crippen LogP contribution in [-0.4, -0.2) is 10.8 Å². The molecule has 1 heterocycles. The number of rotatable bonds is 3. The highest BCUT2D eigenvalue weighted by atomic mass is 16.1. The van der Waals surface area contributed by atoms with E-state index in [-0.39, 0.29) is 18.0 Å². The SMILES string of the molecule is Nc1cccc(CC(=O)c2cccnc2N)c1. The second-order valence-electron chi connectivity index (χ2n) is 3.78. The molecule has 0 radical (unpaired) electrons. The highest BCUT2D eigenvalue weighted by Gasteiger charge is 2.10. The number of nitrogen functional groups attached to an aromatic ring is 2. The summed E-state index contributed by atoms with van der Waals surface area (Å²) < 4.78 is 0. The quantitative estimate of drug-likeness (QED) is 0.617. The van der Waals surface area contributed by atoms with Crippen molar-refractivity contribution in [2.24, 2.45) is 0 Å². The molecule has 17 heavy (non-hydrogen) atoms. The van der Waals surface area contributed by atoms with Gasteiger partial charge >= 0.3 is 0 Å². The predicted octanol–water partition coefficient (Wildman–Crippen LogP) is 1.67. The maximum absolute atomic E-state index is 12.0. The molecule has 4 nitrogen and oxygen atoms in total. The zero-order valence-corrected chi connectivity index (χ0v) is 9.26. The lowest BCUT2D eigenvalue weighted by Gasteiger charge is -2.04. The highest BCUT2D eigenvalue weighted by Crippen LogP contribution is 2.13. The summed E-state index contributed by atoms with van der Waals surface area (Å²) in [6.45, 7) is 0. The van der Waals surface area contributed by atoms with Gasteiger partial charge in [0, 0.05) is 18.3 Å². The molecule has 0 aliphatic carbocycles. The van der Waals surface area contributed by atoms with Crippen molar-refractivity contribution in [1.82, 2.24) is 4.98 Å². The maximum Gasteiger partial charge on any atom is 0.170 e. The van der Waals surface area contributed by atoms with Gasteiger partial charge in [-0.1, -0.05) is 12.1 Å². The second-order valence-corrected chi connectivity index (χ2v) is 3.78. The van der Waals surface area contributed by atoms with E-state index >= 15 is 0 Å². The summed E-state index contributed by atoms with van der Waals surface area (Å²) in [6.07, 6.45) is 1.84. The number of Topliss-reactive ketones (excluding diaryl/α,β-unsaturated/α-hetero) is 1. The molecule has 0 aliphatic rings. The summed E-state index contributed by atoms with van der Waals surface area (Å²) >= 11 is 0. The van der Waals surface area contributed by atoms with Crippen molar-refractivity contribution >= 4 is 17.3 Å². The third kappa shape index (κ3) is 2.60. The van der Waals surface area contributed by atoms with Crippen LogP contribution in [-0.2, 0) is 6.42 Å². The van der Waals surface area contributed by atoms with E-state index in [9.17, 15) is 4.79 Å². The largest absolute Gasteiger partial charge is 0.399 e. The Morgan fingerprint density at radius 1 is 1.18 bits per heavy atom. The first kappa shape index (κ1) is 11.1. The number of pyridine rings is 1. The van der Waals surface area contributed by atoms with Crippen LogP contribution in [0.15, 0.2) is 42.6 Å². The summed E-state index contributed by atoms with van der Waals surface area (Å²) in [7, 11) is 0. The number of hydrogen-bond donors (Lipinski definition) is 2. The molecule has 0 amide bonds. The van der Waals surface area contributed by atoms with Crippen LogP contribution in [0.4, 0.5) is 11.5 Å². The average molecular weight is 227 g/mol. The Morgan fingerprint density at radius 3 is 2.71 bits per heavy atom.